The largest absolute Gasteiger partial charge is 0.481 e. The van der Waals surface area contributed by atoms with Crippen molar-refractivity contribution in [3.8, 4) is 0 Å². The number of aromatic amines is 1. The molecule has 0 spiro atoms. The molecule has 4 N–H and O–H groups in total. The summed E-state index contributed by atoms with van der Waals surface area (Å²) < 4.78 is 0. The fraction of sp³-hybridized carbons (Fsp3) is 0.273. The SMILES string of the molecule is O=C(O)CC[C@H](NC(=O)c1cccc(=O)[nH]1)C(=O)O. The third-order valence-electron chi connectivity index (χ3n) is 2.26. The predicted molar refractivity (Wildman–Crippen MR) is 62.8 cm³/mol. The van der Waals surface area contributed by atoms with E-state index in [4.69, 9.17) is 10.2 Å². The summed E-state index contributed by atoms with van der Waals surface area (Å²) in [5.74, 6) is -3.28. The van der Waals surface area contributed by atoms with Crippen LogP contribution in [-0.4, -0.2) is 39.1 Å². The number of carboxylic acids is 2. The van der Waals surface area contributed by atoms with Crippen molar-refractivity contribution in [2.75, 3.05) is 0 Å². The normalized spacial score (nSPS) is 11.6. The van der Waals surface area contributed by atoms with Gasteiger partial charge in [-0.1, -0.05) is 6.07 Å². The molecule has 1 aromatic heterocycles. The van der Waals surface area contributed by atoms with E-state index < -0.39 is 29.4 Å². The van der Waals surface area contributed by atoms with Crippen molar-refractivity contribution >= 4 is 17.8 Å². The molecular formula is C11H12N2O6. The maximum Gasteiger partial charge on any atom is 0.326 e. The average Bonchev–Trinajstić information content (AvgIpc) is 2.33. The highest BCUT2D eigenvalue weighted by Crippen LogP contribution is 2.00. The van der Waals surface area contributed by atoms with Gasteiger partial charge < -0.3 is 20.5 Å². The molecule has 8 nitrogen and oxygen atoms in total. The Bertz CT molecular complexity index is 550. The number of carboxylic acid groups (broad SMARTS) is 2. The summed E-state index contributed by atoms with van der Waals surface area (Å²) in [5.41, 5.74) is -0.584. The molecule has 1 rings (SSSR count). The van der Waals surface area contributed by atoms with Gasteiger partial charge in [-0.3, -0.25) is 14.4 Å². The molecule has 19 heavy (non-hydrogen) atoms. The van der Waals surface area contributed by atoms with Crippen LogP contribution in [0.2, 0.25) is 0 Å². The number of H-pyrrole nitrogens is 1. The van der Waals surface area contributed by atoms with E-state index in [0.717, 1.165) is 0 Å². The first-order valence-electron chi connectivity index (χ1n) is 5.35. The van der Waals surface area contributed by atoms with E-state index in [2.05, 4.69) is 10.3 Å². The monoisotopic (exact) mass is 268 g/mol. The van der Waals surface area contributed by atoms with E-state index in [1.165, 1.54) is 18.2 Å². The Kier molecular flexibility index (Phi) is 4.81. The van der Waals surface area contributed by atoms with Crippen molar-refractivity contribution in [2.24, 2.45) is 0 Å². The number of pyridine rings is 1. The minimum absolute atomic E-state index is 0.0888. The smallest absolute Gasteiger partial charge is 0.326 e. The van der Waals surface area contributed by atoms with Crippen LogP contribution in [0.5, 0.6) is 0 Å². The second-order valence-corrected chi connectivity index (χ2v) is 3.73. The Morgan fingerprint density at radius 1 is 1.26 bits per heavy atom. The quantitative estimate of drug-likeness (QED) is 0.545. The number of carbonyl (C=O) groups excluding carboxylic acids is 1. The highest BCUT2D eigenvalue weighted by molar-refractivity contribution is 5.94. The summed E-state index contributed by atoms with van der Waals surface area (Å²) in [6.07, 6.45) is -0.629. The molecule has 102 valence electrons. The molecule has 0 aromatic carbocycles. The summed E-state index contributed by atoms with van der Waals surface area (Å²) in [4.78, 5) is 46.1. The summed E-state index contributed by atoms with van der Waals surface area (Å²) in [6, 6.07) is 2.54. The number of aliphatic carboxylic acids is 2. The van der Waals surface area contributed by atoms with Crippen LogP contribution in [0.25, 0.3) is 0 Å². The number of rotatable bonds is 6. The molecule has 1 heterocycles. The molecule has 0 unspecified atom stereocenters. The summed E-state index contributed by atoms with van der Waals surface area (Å²) in [6.45, 7) is 0. The first kappa shape index (κ1) is 14.4. The van der Waals surface area contributed by atoms with Gasteiger partial charge in [0.05, 0.1) is 0 Å². The van der Waals surface area contributed by atoms with Crippen molar-refractivity contribution in [1.82, 2.24) is 10.3 Å². The van der Waals surface area contributed by atoms with Gasteiger partial charge in [0.25, 0.3) is 5.91 Å². The molecule has 0 fully saturated rings. The molecule has 1 aromatic rings. The lowest BCUT2D eigenvalue weighted by Crippen LogP contribution is -2.41. The van der Waals surface area contributed by atoms with Gasteiger partial charge in [0.15, 0.2) is 0 Å². The van der Waals surface area contributed by atoms with Gasteiger partial charge in [0.2, 0.25) is 5.56 Å². The standard InChI is InChI=1S/C11H12N2O6/c14-8-3-1-2-6(12-8)10(17)13-7(11(18)19)4-5-9(15)16/h1-3,7H,4-5H2,(H,12,14)(H,13,17)(H,15,16)(H,18,19)/t7-/m0/s1. The Balaban J connectivity index is 2.74. The highest BCUT2D eigenvalue weighted by Gasteiger charge is 2.21. The van der Waals surface area contributed by atoms with Crippen LogP contribution in [0.1, 0.15) is 23.3 Å². The van der Waals surface area contributed by atoms with Crippen molar-refractivity contribution in [3.63, 3.8) is 0 Å². The van der Waals surface area contributed by atoms with Crippen LogP contribution >= 0.6 is 0 Å². The molecule has 0 aliphatic heterocycles. The van der Waals surface area contributed by atoms with Gasteiger partial charge in [-0.2, -0.15) is 0 Å². The Labute approximate surface area is 107 Å². The zero-order valence-electron chi connectivity index (χ0n) is 9.75. The van der Waals surface area contributed by atoms with Crippen LogP contribution in [0, 0.1) is 0 Å². The number of hydrogen-bond acceptors (Lipinski definition) is 4. The third kappa shape index (κ3) is 4.62. The predicted octanol–water partition coefficient (Wildman–Crippen LogP) is -0.577. The van der Waals surface area contributed by atoms with E-state index in [9.17, 15) is 19.2 Å². The average molecular weight is 268 g/mol. The highest BCUT2D eigenvalue weighted by atomic mass is 16.4. The number of carbonyl (C=O) groups is 3. The fourth-order valence-electron chi connectivity index (χ4n) is 1.34. The lowest BCUT2D eigenvalue weighted by atomic mass is 10.1. The van der Waals surface area contributed by atoms with Gasteiger partial charge in [-0.25, -0.2) is 4.79 Å². The second kappa shape index (κ2) is 6.34. The topological polar surface area (TPSA) is 137 Å². The number of hydrogen-bond donors (Lipinski definition) is 4. The Morgan fingerprint density at radius 3 is 2.47 bits per heavy atom. The third-order valence-corrected chi connectivity index (χ3v) is 2.26. The van der Waals surface area contributed by atoms with E-state index in [0.29, 0.717) is 0 Å². The van der Waals surface area contributed by atoms with Crippen molar-refractivity contribution in [1.29, 1.82) is 0 Å². The fourth-order valence-corrected chi connectivity index (χ4v) is 1.34. The lowest BCUT2D eigenvalue weighted by molar-refractivity contribution is -0.140. The van der Waals surface area contributed by atoms with E-state index in [-0.39, 0.29) is 18.5 Å². The maximum atomic E-state index is 11.7. The van der Waals surface area contributed by atoms with Crippen molar-refractivity contribution < 1.29 is 24.6 Å². The molecule has 0 radical (unpaired) electrons. The van der Waals surface area contributed by atoms with Gasteiger partial charge in [-0.05, 0) is 12.5 Å². The summed E-state index contributed by atoms with van der Waals surface area (Å²) in [7, 11) is 0. The van der Waals surface area contributed by atoms with Crippen LogP contribution < -0.4 is 10.9 Å². The first-order valence-corrected chi connectivity index (χ1v) is 5.35. The van der Waals surface area contributed by atoms with Gasteiger partial charge in [0.1, 0.15) is 11.7 Å². The van der Waals surface area contributed by atoms with Crippen LogP contribution in [-0.2, 0) is 9.59 Å². The minimum Gasteiger partial charge on any atom is -0.481 e. The maximum absolute atomic E-state index is 11.7. The Hall–Kier alpha value is -2.64. The van der Waals surface area contributed by atoms with Crippen LogP contribution in [0.15, 0.2) is 23.0 Å². The first-order chi connectivity index (χ1) is 8.90. The van der Waals surface area contributed by atoms with Gasteiger partial charge >= 0.3 is 11.9 Å². The summed E-state index contributed by atoms with van der Waals surface area (Å²) >= 11 is 0. The molecule has 0 aliphatic rings. The van der Waals surface area contributed by atoms with E-state index in [1.807, 2.05) is 0 Å². The van der Waals surface area contributed by atoms with E-state index >= 15 is 0 Å². The zero-order chi connectivity index (χ0) is 14.4. The number of nitrogens with one attached hydrogen (secondary N) is 2. The Morgan fingerprint density at radius 2 is 1.95 bits per heavy atom. The molecule has 1 atom stereocenters. The molecule has 0 aliphatic carbocycles. The zero-order valence-corrected chi connectivity index (χ0v) is 9.75. The molecular weight excluding hydrogens is 256 g/mol. The molecule has 0 saturated heterocycles. The van der Waals surface area contributed by atoms with Gasteiger partial charge in [-0.15, -0.1) is 0 Å². The van der Waals surface area contributed by atoms with Crippen molar-refractivity contribution in [3.05, 3.63) is 34.2 Å². The molecule has 0 bridgehead atoms. The van der Waals surface area contributed by atoms with Gasteiger partial charge in [0, 0.05) is 12.5 Å². The molecule has 1 amide bonds. The molecule has 0 saturated carbocycles. The minimum atomic E-state index is -1.34. The molecule has 8 heteroatoms. The van der Waals surface area contributed by atoms with Crippen molar-refractivity contribution in [2.45, 2.75) is 18.9 Å². The lowest BCUT2D eigenvalue weighted by Gasteiger charge is -2.13. The van der Waals surface area contributed by atoms with Crippen LogP contribution in [0.3, 0.4) is 0 Å². The number of amides is 1. The summed E-state index contributed by atoms with van der Waals surface area (Å²) in [5, 5.41) is 19.5. The van der Waals surface area contributed by atoms with Crippen LogP contribution in [0.4, 0.5) is 0 Å². The van der Waals surface area contributed by atoms with E-state index in [1.54, 1.807) is 0 Å². The number of aromatic nitrogens is 1. The second-order valence-electron chi connectivity index (χ2n) is 3.73.